The topological polar surface area (TPSA) is 90.5 Å². The van der Waals surface area contributed by atoms with Crippen LogP contribution in [0.2, 0.25) is 0 Å². The highest BCUT2D eigenvalue weighted by Crippen LogP contribution is 2.34. The average molecular weight is 374 g/mol. The standard InChI is InChI=1S/C16H21F3N4O3/c1-3-20-15(26)22-14(25)10-23(4-2)9-13(24)21-12-8-6-5-7-11(12)16(17,18)19/h5-8H,3-4,9-10H2,1-2H3,(H,21,24)(H2,20,22,25,26). The van der Waals surface area contributed by atoms with E-state index in [0.717, 1.165) is 12.1 Å². The van der Waals surface area contributed by atoms with Gasteiger partial charge in [0, 0.05) is 6.54 Å². The predicted octanol–water partition coefficient (Wildman–Crippen LogP) is 1.81. The number of carbonyl (C=O) groups is 3. The number of anilines is 1. The van der Waals surface area contributed by atoms with E-state index in [1.54, 1.807) is 13.8 Å². The summed E-state index contributed by atoms with van der Waals surface area (Å²) in [6.07, 6.45) is -4.60. The van der Waals surface area contributed by atoms with Crippen LogP contribution in [0, 0.1) is 0 Å². The van der Waals surface area contributed by atoms with Crippen LogP contribution in [-0.4, -0.2) is 48.9 Å². The van der Waals surface area contributed by atoms with Gasteiger partial charge in [0.25, 0.3) is 0 Å². The van der Waals surface area contributed by atoms with Crippen LogP contribution in [0.1, 0.15) is 19.4 Å². The third kappa shape index (κ3) is 7.09. The summed E-state index contributed by atoms with van der Waals surface area (Å²) in [5, 5.41) is 6.68. The number of amides is 4. The van der Waals surface area contributed by atoms with E-state index in [2.05, 4.69) is 16.0 Å². The second kappa shape index (κ2) is 9.76. The maximum absolute atomic E-state index is 12.9. The number of hydrogen-bond donors (Lipinski definition) is 3. The summed E-state index contributed by atoms with van der Waals surface area (Å²) in [5.41, 5.74) is -1.31. The smallest absolute Gasteiger partial charge is 0.338 e. The minimum absolute atomic E-state index is 0.248. The first-order valence-electron chi connectivity index (χ1n) is 7.93. The first kappa shape index (κ1) is 21.4. The molecule has 3 N–H and O–H groups in total. The van der Waals surface area contributed by atoms with Crippen LogP contribution in [0.3, 0.4) is 0 Å². The highest BCUT2D eigenvalue weighted by atomic mass is 19.4. The summed E-state index contributed by atoms with van der Waals surface area (Å²) in [6, 6.07) is 3.97. The maximum Gasteiger partial charge on any atom is 0.418 e. The van der Waals surface area contributed by atoms with E-state index >= 15 is 0 Å². The van der Waals surface area contributed by atoms with Gasteiger partial charge < -0.3 is 10.6 Å². The highest BCUT2D eigenvalue weighted by molar-refractivity contribution is 5.96. The van der Waals surface area contributed by atoms with Crippen molar-refractivity contribution in [1.29, 1.82) is 0 Å². The number of urea groups is 1. The van der Waals surface area contributed by atoms with E-state index in [1.807, 2.05) is 0 Å². The molecule has 0 bridgehead atoms. The van der Waals surface area contributed by atoms with Crippen molar-refractivity contribution in [2.75, 3.05) is 31.5 Å². The quantitative estimate of drug-likeness (QED) is 0.679. The Labute approximate surface area is 148 Å². The molecule has 7 nitrogen and oxygen atoms in total. The molecule has 0 radical (unpaired) electrons. The monoisotopic (exact) mass is 374 g/mol. The lowest BCUT2D eigenvalue weighted by atomic mass is 10.1. The zero-order valence-electron chi connectivity index (χ0n) is 14.4. The molecule has 144 valence electrons. The number of para-hydroxylation sites is 1. The minimum Gasteiger partial charge on any atom is -0.338 e. The second-order valence-corrected chi connectivity index (χ2v) is 5.30. The number of rotatable bonds is 7. The number of alkyl halides is 3. The lowest BCUT2D eigenvalue weighted by molar-refractivity contribution is -0.137. The molecule has 1 rings (SSSR count). The van der Waals surface area contributed by atoms with Gasteiger partial charge in [0.05, 0.1) is 24.3 Å². The number of nitrogens with one attached hydrogen (secondary N) is 3. The Morgan fingerprint density at radius 3 is 2.23 bits per heavy atom. The summed E-state index contributed by atoms with van der Waals surface area (Å²) >= 11 is 0. The van der Waals surface area contributed by atoms with Gasteiger partial charge in [-0.2, -0.15) is 13.2 Å². The van der Waals surface area contributed by atoms with Crippen molar-refractivity contribution < 1.29 is 27.6 Å². The van der Waals surface area contributed by atoms with Gasteiger partial charge in [-0.1, -0.05) is 19.1 Å². The molecule has 0 fully saturated rings. The number of likely N-dealkylation sites (N-methyl/N-ethyl adjacent to an activating group) is 1. The fraction of sp³-hybridized carbons (Fsp3) is 0.438. The minimum atomic E-state index is -4.60. The largest absolute Gasteiger partial charge is 0.418 e. The summed E-state index contributed by atoms with van der Waals surface area (Å²) in [4.78, 5) is 36.4. The normalized spacial score (nSPS) is 11.2. The zero-order chi connectivity index (χ0) is 19.7. The second-order valence-electron chi connectivity index (χ2n) is 5.30. The van der Waals surface area contributed by atoms with Crippen LogP contribution in [0.4, 0.5) is 23.7 Å². The molecular formula is C16H21F3N4O3. The fourth-order valence-electron chi connectivity index (χ4n) is 2.09. The van der Waals surface area contributed by atoms with Crippen molar-refractivity contribution >= 4 is 23.5 Å². The van der Waals surface area contributed by atoms with E-state index in [1.165, 1.54) is 17.0 Å². The van der Waals surface area contributed by atoms with Gasteiger partial charge in [0.15, 0.2) is 0 Å². The Kier molecular flexibility index (Phi) is 8.04. The molecule has 0 heterocycles. The van der Waals surface area contributed by atoms with E-state index < -0.39 is 29.6 Å². The molecule has 10 heteroatoms. The van der Waals surface area contributed by atoms with Gasteiger partial charge in [0.2, 0.25) is 11.8 Å². The molecule has 0 aromatic heterocycles. The van der Waals surface area contributed by atoms with E-state index in [-0.39, 0.29) is 25.3 Å². The van der Waals surface area contributed by atoms with Crippen molar-refractivity contribution in [3.63, 3.8) is 0 Å². The predicted molar refractivity (Wildman–Crippen MR) is 89.4 cm³/mol. The molecule has 0 saturated heterocycles. The molecular weight excluding hydrogens is 353 g/mol. The molecule has 0 saturated carbocycles. The van der Waals surface area contributed by atoms with Crippen molar-refractivity contribution in [3.05, 3.63) is 29.8 Å². The van der Waals surface area contributed by atoms with Crippen molar-refractivity contribution in [2.24, 2.45) is 0 Å². The number of hydrogen-bond acceptors (Lipinski definition) is 4. The van der Waals surface area contributed by atoms with Crippen LogP contribution in [0.15, 0.2) is 24.3 Å². The zero-order valence-corrected chi connectivity index (χ0v) is 14.4. The molecule has 0 atom stereocenters. The van der Waals surface area contributed by atoms with E-state index in [0.29, 0.717) is 6.54 Å². The molecule has 0 aliphatic carbocycles. The van der Waals surface area contributed by atoms with Crippen LogP contribution in [0.5, 0.6) is 0 Å². The van der Waals surface area contributed by atoms with Crippen molar-refractivity contribution in [3.8, 4) is 0 Å². The first-order valence-corrected chi connectivity index (χ1v) is 7.93. The highest BCUT2D eigenvalue weighted by Gasteiger charge is 2.33. The van der Waals surface area contributed by atoms with Crippen LogP contribution in [-0.2, 0) is 15.8 Å². The van der Waals surface area contributed by atoms with Gasteiger partial charge in [-0.15, -0.1) is 0 Å². The molecule has 0 aliphatic heterocycles. The van der Waals surface area contributed by atoms with Crippen molar-refractivity contribution in [2.45, 2.75) is 20.0 Å². The lowest BCUT2D eigenvalue weighted by Crippen LogP contribution is -2.46. The average Bonchev–Trinajstić information content (AvgIpc) is 2.53. The Morgan fingerprint density at radius 2 is 1.65 bits per heavy atom. The fourth-order valence-corrected chi connectivity index (χ4v) is 2.09. The Balaban J connectivity index is 2.66. The molecule has 4 amide bonds. The number of halogens is 3. The van der Waals surface area contributed by atoms with Gasteiger partial charge in [-0.3, -0.25) is 19.8 Å². The Hall–Kier alpha value is -2.62. The maximum atomic E-state index is 12.9. The van der Waals surface area contributed by atoms with E-state index in [4.69, 9.17) is 0 Å². The molecule has 26 heavy (non-hydrogen) atoms. The van der Waals surface area contributed by atoms with E-state index in [9.17, 15) is 27.6 Å². The number of carbonyl (C=O) groups excluding carboxylic acids is 3. The summed E-state index contributed by atoms with van der Waals surface area (Å²) < 4.78 is 38.8. The van der Waals surface area contributed by atoms with Gasteiger partial charge in [-0.05, 0) is 25.6 Å². The van der Waals surface area contributed by atoms with Crippen LogP contribution >= 0.6 is 0 Å². The summed E-state index contributed by atoms with van der Waals surface area (Å²) in [7, 11) is 0. The lowest BCUT2D eigenvalue weighted by Gasteiger charge is -2.20. The van der Waals surface area contributed by atoms with Gasteiger partial charge in [0.1, 0.15) is 0 Å². The third-order valence-corrected chi connectivity index (χ3v) is 3.28. The van der Waals surface area contributed by atoms with Crippen LogP contribution < -0.4 is 16.0 Å². The first-order chi connectivity index (χ1) is 12.2. The number of imide groups is 1. The Bertz CT molecular complexity index is 650. The molecule has 0 unspecified atom stereocenters. The van der Waals surface area contributed by atoms with Gasteiger partial charge >= 0.3 is 12.2 Å². The SMILES string of the molecule is CCNC(=O)NC(=O)CN(CC)CC(=O)Nc1ccccc1C(F)(F)F. The molecule has 0 aliphatic rings. The van der Waals surface area contributed by atoms with Crippen LogP contribution in [0.25, 0.3) is 0 Å². The summed E-state index contributed by atoms with van der Waals surface area (Å²) in [5.74, 6) is -1.32. The molecule has 0 spiro atoms. The van der Waals surface area contributed by atoms with Crippen molar-refractivity contribution in [1.82, 2.24) is 15.5 Å². The molecule has 1 aromatic carbocycles. The third-order valence-electron chi connectivity index (χ3n) is 3.28. The number of nitrogens with zero attached hydrogens (tertiary/aromatic N) is 1. The summed E-state index contributed by atoms with van der Waals surface area (Å²) in [6.45, 7) is 3.45. The molecule has 1 aromatic rings. The van der Waals surface area contributed by atoms with Gasteiger partial charge in [-0.25, -0.2) is 4.79 Å². The Morgan fingerprint density at radius 1 is 1.04 bits per heavy atom. The number of benzene rings is 1.